The highest BCUT2D eigenvalue weighted by Gasteiger charge is 2.34. The van der Waals surface area contributed by atoms with Gasteiger partial charge in [-0.3, -0.25) is 14.9 Å². The van der Waals surface area contributed by atoms with E-state index in [2.05, 4.69) is 5.32 Å². The lowest BCUT2D eigenvalue weighted by Crippen LogP contribution is -2.39. The van der Waals surface area contributed by atoms with E-state index in [1.54, 1.807) is 4.90 Å². The van der Waals surface area contributed by atoms with Crippen LogP contribution < -0.4 is 5.32 Å². The van der Waals surface area contributed by atoms with E-state index < -0.39 is 4.92 Å². The van der Waals surface area contributed by atoms with Gasteiger partial charge in [0.15, 0.2) is 0 Å². The smallest absolute Gasteiger partial charge is 0.283 e. The Kier molecular flexibility index (Phi) is 5.26. The SMILES string of the molecule is Cl.O=C(c1c(Cl)cccc1[N+](=O)[O-])N1CCC2CCC(C1)N2. The Bertz CT molecular complexity index is 597. The molecular weight excluding hydrogens is 329 g/mol. The number of hydrogen-bond acceptors (Lipinski definition) is 4. The number of carbonyl (C=O) groups excluding carboxylic acids is 1. The van der Waals surface area contributed by atoms with Crippen LogP contribution in [0.1, 0.15) is 29.6 Å². The average molecular weight is 346 g/mol. The van der Waals surface area contributed by atoms with Crippen molar-refractivity contribution in [3.63, 3.8) is 0 Å². The zero-order chi connectivity index (χ0) is 15.0. The van der Waals surface area contributed by atoms with Gasteiger partial charge in [-0.1, -0.05) is 17.7 Å². The van der Waals surface area contributed by atoms with E-state index in [1.165, 1.54) is 18.2 Å². The second-order valence-electron chi connectivity index (χ2n) is 5.57. The topological polar surface area (TPSA) is 75.5 Å². The summed E-state index contributed by atoms with van der Waals surface area (Å²) in [6, 6.07) is 5.06. The van der Waals surface area contributed by atoms with Gasteiger partial charge in [-0.15, -0.1) is 12.4 Å². The van der Waals surface area contributed by atoms with Crippen LogP contribution in [0, 0.1) is 10.1 Å². The molecule has 2 bridgehead atoms. The Morgan fingerprint density at radius 2 is 2.05 bits per heavy atom. The highest BCUT2D eigenvalue weighted by Crippen LogP contribution is 2.29. The Morgan fingerprint density at radius 1 is 1.32 bits per heavy atom. The maximum atomic E-state index is 12.7. The van der Waals surface area contributed by atoms with Gasteiger partial charge >= 0.3 is 0 Å². The number of nitrogens with one attached hydrogen (secondary N) is 1. The zero-order valence-corrected chi connectivity index (χ0v) is 13.4. The number of hydrogen-bond donors (Lipinski definition) is 1. The molecule has 2 unspecified atom stereocenters. The number of rotatable bonds is 2. The fourth-order valence-corrected chi connectivity index (χ4v) is 3.41. The van der Waals surface area contributed by atoms with E-state index in [1.807, 2.05) is 0 Å². The Labute approximate surface area is 139 Å². The molecule has 2 aliphatic rings. The van der Waals surface area contributed by atoms with Crippen LogP contribution in [0.4, 0.5) is 5.69 Å². The summed E-state index contributed by atoms with van der Waals surface area (Å²) in [4.78, 5) is 24.9. The normalized spacial score (nSPS) is 23.6. The standard InChI is InChI=1S/C14H16ClN3O3.ClH/c15-11-2-1-3-12(18(20)21)13(11)14(19)17-7-6-9-4-5-10(8-17)16-9;/h1-3,9-10,16H,4-8H2;1H. The van der Waals surface area contributed by atoms with Crippen molar-refractivity contribution in [1.29, 1.82) is 0 Å². The average Bonchev–Trinajstić information content (AvgIpc) is 2.77. The molecule has 2 saturated heterocycles. The summed E-state index contributed by atoms with van der Waals surface area (Å²) in [6.45, 7) is 1.19. The minimum Gasteiger partial charge on any atom is -0.337 e. The van der Waals surface area contributed by atoms with Crippen molar-refractivity contribution in [2.24, 2.45) is 0 Å². The van der Waals surface area contributed by atoms with Gasteiger partial charge in [0.25, 0.3) is 11.6 Å². The number of carbonyl (C=O) groups is 1. The molecule has 0 radical (unpaired) electrons. The monoisotopic (exact) mass is 345 g/mol. The molecule has 2 heterocycles. The molecule has 0 aliphatic carbocycles. The summed E-state index contributed by atoms with van der Waals surface area (Å²) < 4.78 is 0. The highest BCUT2D eigenvalue weighted by atomic mass is 35.5. The van der Waals surface area contributed by atoms with Crippen LogP contribution in [0.25, 0.3) is 0 Å². The third-order valence-corrected chi connectivity index (χ3v) is 4.53. The van der Waals surface area contributed by atoms with Crippen molar-refractivity contribution in [1.82, 2.24) is 10.2 Å². The summed E-state index contributed by atoms with van der Waals surface area (Å²) in [5.41, 5.74) is -0.225. The molecule has 0 aromatic heterocycles. The van der Waals surface area contributed by atoms with Crippen molar-refractivity contribution < 1.29 is 9.72 Å². The summed E-state index contributed by atoms with van der Waals surface area (Å²) in [5, 5.41) is 14.7. The molecule has 0 saturated carbocycles. The number of halogens is 2. The molecule has 0 spiro atoms. The van der Waals surface area contributed by atoms with Gasteiger partial charge in [-0.2, -0.15) is 0 Å². The minimum atomic E-state index is -0.554. The van der Waals surface area contributed by atoms with Crippen molar-refractivity contribution in [3.05, 3.63) is 38.9 Å². The molecule has 1 N–H and O–H groups in total. The van der Waals surface area contributed by atoms with E-state index in [0.717, 1.165) is 19.3 Å². The first-order valence-electron chi connectivity index (χ1n) is 7.04. The predicted molar refractivity (Wildman–Crippen MR) is 85.8 cm³/mol. The van der Waals surface area contributed by atoms with Crippen LogP contribution in [0.5, 0.6) is 0 Å². The maximum Gasteiger partial charge on any atom is 0.283 e. The summed E-state index contributed by atoms with van der Waals surface area (Å²) >= 11 is 6.04. The Hall–Kier alpha value is -1.37. The van der Waals surface area contributed by atoms with E-state index >= 15 is 0 Å². The van der Waals surface area contributed by atoms with Crippen LogP contribution >= 0.6 is 24.0 Å². The van der Waals surface area contributed by atoms with Gasteiger partial charge in [0.05, 0.1) is 9.95 Å². The third kappa shape index (κ3) is 3.19. The molecule has 8 heteroatoms. The second kappa shape index (κ2) is 6.81. The van der Waals surface area contributed by atoms with Crippen molar-refractivity contribution >= 4 is 35.6 Å². The number of likely N-dealkylation sites (tertiary alicyclic amines) is 1. The van der Waals surface area contributed by atoms with E-state index in [9.17, 15) is 14.9 Å². The fraction of sp³-hybridized carbons (Fsp3) is 0.500. The molecule has 1 amide bonds. The molecular formula is C14H17Cl2N3O3. The molecule has 2 atom stereocenters. The van der Waals surface area contributed by atoms with Crippen LogP contribution in [0.2, 0.25) is 5.02 Å². The molecule has 3 rings (SSSR count). The predicted octanol–water partition coefficient (Wildman–Crippen LogP) is 2.64. The van der Waals surface area contributed by atoms with Gasteiger partial charge in [-0.05, 0) is 25.3 Å². The Balaban J connectivity index is 0.00000176. The molecule has 120 valence electrons. The number of nitrogens with zero attached hydrogens (tertiary/aromatic N) is 2. The lowest BCUT2D eigenvalue weighted by atomic mass is 10.1. The van der Waals surface area contributed by atoms with Crippen molar-refractivity contribution in [2.45, 2.75) is 31.3 Å². The van der Waals surface area contributed by atoms with Gasteiger partial charge in [0.2, 0.25) is 0 Å². The van der Waals surface area contributed by atoms with E-state index in [-0.39, 0.29) is 40.6 Å². The maximum absolute atomic E-state index is 12.7. The number of fused-ring (bicyclic) bond motifs is 2. The fourth-order valence-electron chi connectivity index (χ4n) is 3.16. The lowest BCUT2D eigenvalue weighted by molar-refractivity contribution is -0.385. The summed E-state index contributed by atoms with van der Waals surface area (Å²) in [6.07, 6.45) is 3.05. The van der Waals surface area contributed by atoms with Gasteiger partial charge in [0, 0.05) is 31.2 Å². The third-order valence-electron chi connectivity index (χ3n) is 4.21. The van der Waals surface area contributed by atoms with Gasteiger partial charge in [0.1, 0.15) is 5.56 Å². The van der Waals surface area contributed by atoms with Crippen molar-refractivity contribution in [3.8, 4) is 0 Å². The molecule has 2 aliphatic heterocycles. The first-order valence-corrected chi connectivity index (χ1v) is 7.42. The number of benzene rings is 1. The number of nitro groups is 1. The largest absolute Gasteiger partial charge is 0.337 e. The first kappa shape index (κ1) is 17.0. The second-order valence-corrected chi connectivity index (χ2v) is 5.98. The minimum absolute atomic E-state index is 0. The molecule has 6 nitrogen and oxygen atoms in total. The van der Waals surface area contributed by atoms with Gasteiger partial charge in [-0.25, -0.2) is 0 Å². The summed E-state index contributed by atoms with van der Waals surface area (Å²) in [7, 11) is 0. The van der Waals surface area contributed by atoms with Crippen LogP contribution in [-0.4, -0.2) is 40.9 Å². The van der Waals surface area contributed by atoms with Crippen LogP contribution in [0.3, 0.4) is 0 Å². The molecule has 22 heavy (non-hydrogen) atoms. The summed E-state index contributed by atoms with van der Waals surface area (Å²) in [5.74, 6) is -0.346. The molecule has 2 fully saturated rings. The molecule has 1 aromatic rings. The zero-order valence-electron chi connectivity index (χ0n) is 11.8. The van der Waals surface area contributed by atoms with E-state index in [0.29, 0.717) is 19.1 Å². The van der Waals surface area contributed by atoms with Crippen molar-refractivity contribution in [2.75, 3.05) is 13.1 Å². The Morgan fingerprint density at radius 3 is 2.77 bits per heavy atom. The van der Waals surface area contributed by atoms with Crippen LogP contribution in [0.15, 0.2) is 18.2 Å². The van der Waals surface area contributed by atoms with E-state index in [4.69, 9.17) is 11.6 Å². The number of amides is 1. The van der Waals surface area contributed by atoms with Gasteiger partial charge < -0.3 is 10.2 Å². The molecule has 1 aromatic carbocycles. The number of nitro benzene ring substituents is 1. The van der Waals surface area contributed by atoms with Crippen LogP contribution in [-0.2, 0) is 0 Å². The lowest BCUT2D eigenvalue weighted by Gasteiger charge is -2.24. The highest BCUT2D eigenvalue weighted by molar-refractivity contribution is 6.34. The first-order chi connectivity index (χ1) is 10.1. The quantitative estimate of drug-likeness (QED) is 0.660.